The van der Waals surface area contributed by atoms with Gasteiger partial charge in [-0.25, -0.2) is 14.1 Å². The molecule has 0 atom stereocenters. The second-order valence-electron chi connectivity index (χ2n) is 4.41. The van der Waals surface area contributed by atoms with Gasteiger partial charge in [-0.15, -0.1) is 0 Å². The van der Waals surface area contributed by atoms with Gasteiger partial charge in [0.15, 0.2) is 5.82 Å². The summed E-state index contributed by atoms with van der Waals surface area (Å²) in [4.78, 5) is 4.31. The molecule has 0 spiro atoms. The first-order valence-electron chi connectivity index (χ1n) is 6.37. The summed E-state index contributed by atoms with van der Waals surface area (Å²) in [6.45, 7) is 0.374. The monoisotopic (exact) mass is 346 g/mol. The van der Waals surface area contributed by atoms with Gasteiger partial charge in [-0.2, -0.15) is 5.10 Å². The molecule has 0 aliphatic rings. The standard InChI is InChI=1S/C15H12BrFN4/c16-12-5-4-11(13(17)9-12)10-19-14-3-1-6-18-15(14)21-8-2-7-20-21/h1-9,19H,10H2. The maximum Gasteiger partial charge on any atom is 0.176 e. The van der Waals surface area contributed by atoms with Gasteiger partial charge in [-0.05, 0) is 30.3 Å². The van der Waals surface area contributed by atoms with Gasteiger partial charge in [0, 0.05) is 35.2 Å². The van der Waals surface area contributed by atoms with Crippen molar-refractivity contribution in [3.8, 4) is 5.82 Å². The van der Waals surface area contributed by atoms with Crippen molar-refractivity contribution in [2.24, 2.45) is 0 Å². The Morgan fingerprint density at radius 1 is 1.19 bits per heavy atom. The smallest absolute Gasteiger partial charge is 0.176 e. The van der Waals surface area contributed by atoms with Crippen LogP contribution in [0, 0.1) is 5.82 Å². The number of nitrogens with one attached hydrogen (secondary N) is 1. The zero-order valence-electron chi connectivity index (χ0n) is 11.0. The van der Waals surface area contributed by atoms with Crippen LogP contribution in [0.2, 0.25) is 0 Å². The first-order chi connectivity index (χ1) is 10.2. The van der Waals surface area contributed by atoms with Gasteiger partial charge < -0.3 is 5.32 Å². The number of rotatable bonds is 4. The van der Waals surface area contributed by atoms with E-state index in [9.17, 15) is 4.39 Å². The lowest BCUT2D eigenvalue weighted by molar-refractivity contribution is 0.612. The fourth-order valence-electron chi connectivity index (χ4n) is 1.97. The van der Waals surface area contributed by atoms with E-state index in [1.807, 2.05) is 30.5 Å². The quantitative estimate of drug-likeness (QED) is 0.781. The van der Waals surface area contributed by atoms with Gasteiger partial charge >= 0.3 is 0 Å². The summed E-state index contributed by atoms with van der Waals surface area (Å²) in [5.41, 5.74) is 1.39. The number of aromatic nitrogens is 3. The Balaban J connectivity index is 1.83. The van der Waals surface area contributed by atoms with Gasteiger partial charge in [0.1, 0.15) is 5.82 Å². The van der Waals surface area contributed by atoms with Crippen LogP contribution in [-0.4, -0.2) is 14.8 Å². The van der Waals surface area contributed by atoms with Crippen molar-refractivity contribution < 1.29 is 4.39 Å². The molecule has 6 heteroatoms. The lowest BCUT2D eigenvalue weighted by Gasteiger charge is -2.11. The molecule has 1 N–H and O–H groups in total. The minimum absolute atomic E-state index is 0.249. The lowest BCUT2D eigenvalue weighted by Crippen LogP contribution is -2.07. The molecule has 0 bridgehead atoms. The van der Waals surface area contributed by atoms with Crippen LogP contribution in [-0.2, 0) is 6.54 Å². The average molecular weight is 347 g/mol. The maximum absolute atomic E-state index is 13.8. The fraction of sp³-hybridized carbons (Fsp3) is 0.0667. The summed E-state index contributed by atoms with van der Waals surface area (Å²) in [7, 11) is 0. The van der Waals surface area contributed by atoms with Gasteiger partial charge in [0.25, 0.3) is 0 Å². The van der Waals surface area contributed by atoms with Crippen molar-refractivity contribution in [1.29, 1.82) is 0 Å². The molecule has 3 aromatic rings. The van der Waals surface area contributed by atoms with Gasteiger partial charge in [-0.1, -0.05) is 22.0 Å². The van der Waals surface area contributed by atoms with Crippen molar-refractivity contribution in [2.75, 3.05) is 5.32 Å². The normalized spacial score (nSPS) is 10.6. The molecule has 0 fully saturated rings. The van der Waals surface area contributed by atoms with E-state index in [0.717, 1.165) is 10.2 Å². The molecule has 0 aliphatic heterocycles. The molecule has 0 unspecified atom stereocenters. The Hall–Kier alpha value is -2.21. The van der Waals surface area contributed by atoms with Crippen LogP contribution in [0.4, 0.5) is 10.1 Å². The average Bonchev–Trinajstić information content (AvgIpc) is 3.01. The van der Waals surface area contributed by atoms with E-state index in [1.54, 1.807) is 23.1 Å². The third-order valence-electron chi connectivity index (χ3n) is 2.99. The Labute approximate surface area is 129 Å². The topological polar surface area (TPSA) is 42.7 Å². The lowest BCUT2D eigenvalue weighted by atomic mass is 10.2. The zero-order chi connectivity index (χ0) is 14.7. The molecule has 0 saturated carbocycles. The summed E-state index contributed by atoms with van der Waals surface area (Å²) >= 11 is 3.25. The van der Waals surface area contributed by atoms with E-state index >= 15 is 0 Å². The molecule has 0 saturated heterocycles. The molecule has 106 valence electrons. The van der Waals surface area contributed by atoms with Crippen molar-refractivity contribution in [2.45, 2.75) is 6.54 Å². The Morgan fingerprint density at radius 2 is 2.10 bits per heavy atom. The van der Waals surface area contributed by atoms with Crippen LogP contribution in [0.25, 0.3) is 5.82 Å². The number of hydrogen-bond donors (Lipinski definition) is 1. The third kappa shape index (κ3) is 3.11. The van der Waals surface area contributed by atoms with E-state index in [4.69, 9.17) is 0 Å². The highest BCUT2D eigenvalue weighted by atomic mass is 79.9. The Morgan fingerprint density at radius 3 is 2.86 bits per heavy atom. The number of pyridine rings is 1. The predicted octanol–water partition coefficient (Wildman–Crippen LogP) is 3.78. The molecule has 0 aliphatic carbocycles. The Kier molecular flexibility index (Phi) is 3.96. The largest absolute Gasteiger partial charge is 0.378 e. The van der Waals surface area contributed by atoms with Crippen LogP contribution in [0.1, 0.15) is 5.56 Å². The highest BCUT2D eigenvalue weighted by Gasteiger charge is 2.07. The SMILES string of the molecule is Fc1cc(Br)ccc1CNc1cccnc1-n1cccn1. The molecular formula is C15H12BrFN4. The molecule has 2 aromatic heterocycles. The molecule has 21 heavy (non-hydrogen) atoms. The summed E-state index contributed by atoms with van der Waals surface area (Å²) in [6, 6.07) is 10.6. The second kappa shape index (κ2) is 6.05. The second-order valence-corrected chi connectivity index (χ2v) is 5.33. The predicted molar refractivity (Wildman–Crippen MR) is 82.8 cm³/mol. The highest BCUT2D eigenvalue weighted by molar-refractivity contribution is 9.10. The third-order valence-corrected chi connectivity index (χ3v) is 3.49. The minimum atomic E-state index is -0.249. The molecule has 2 heterocycles. The van der Waals surface area contributed by atoms with Gasteiger partial charge in [-0.3, -0.25) is 0 Å². The summed E-state index contributed by atoms with van der Waals surface area (Å²) in [6.07, 6.45) is 5.20. The van der Waals surface area contributed by atoms with Crippen LogP contribution in [0.15, 0.2) is 59.5 Å². The van der Waals surface area contributed by atoms with E-state index in [1.165, 1.54) is 6.07 Å². The van der Waals surface area contributed by atoms with E-state index in [2.05, 4.69) is 31.3 Å². The van der Waals surface area contributed by atoms with Crippen molar-refractivity contribution >= 4 is 21.6 Å². The zero-order valence-corrected chi connectivity index (χ0v) is 12.6. The van der Waals surface area contributed by atoms with Gasteiger partial charge in [0.05, 0.1) is 5.69 Å². The van der Waals surface area contributed by atoms with E-state index in [0.29, 0.717) is 17.9 Å². The van der Waals surface area contributed by atoms with Crippen LogP contribution in [0.3, 0.4) is 0 Å². The van der Waals surface area contributed by atoms with Crippen LogP contribution < -0.4 is 5.32 Å². The number of halogens is 2. The minimum Gasteiger partial charge on any atom is -0.378 e. The molecule has 4 nitrogen and oxygen atoms in total. The van der Waals surface area contributed by atoms with Crippen molar-refractivity contribution in [3.05, 3.63) is 70.8 Å². The molecule has 3 rings (SSSR count). The molecule has 0 amide bonds. The number of anilines is 1. The molecular weight excluding hydrogens is 335 g/mol. The summed E-state index contributed by atoms with van der Waals surface area (Å²) < 4.78 is 16.2. The van der Waals surface area contributed by atoms with Crippen molar-refractivity contribution in [1.82, 2.24) is 14.8 Å². The van der Waals surface area contributed by atoms with Gasteiger partial charge in [0.2, 0.25) is 0 Å². The highest BCUT2D eigenvalue weighted by Crippen LogP contribution is 2.19. The Bertz CT molecular complexity index is 743. The number of hydrogen-bond acceptors (Lipinski definition) is 3. The number of benzene rings is 1. The van der Waals surface area contributed by atoms with Crippen LogP contribution in [0.5, 0.6) is 0 Å². The fourth-order valence-corrected chi connectivity index (χ4v) is 2.30. The van der Waals surface area contributed by atoms with Crippen molar-refractivity contribution in [3.63, 3.8) is 0 Å². The van der Waals surface area contributed by atoms with E-state index in [-0.39, 0.29) is 5.82 Å². The van der Waals surface area contributed by atoms with E-state index < -0.39 is 0 Å². The molecule has 0 radical (unpaired) electrons. The first kappa shape index (κ1) is 13.8. The van der Waals surface area contributed by atoms with Crippen LogP contribution >= 0.6 is 15.9 Å². The maximum atomic E-state index is 13.8. The molecule has 1 aromatic carbocycles. The summed E-state index contributed by atoms with van der Waals surface area (Å²) in [5, 5.41) is 7.36. The number of nitrogens with zero attached hydrogens (tertiary/aromatic N) is 3. The first-order valence-corrected chi connectivity index (χ1v) is 7.16. The summed E-state index contributed by atoms with van der Waals surface area (Å²) in [5.74, 6) is 0.432.